The molecule has 0 spiro atoms. The molecule has 0 aliphatic heterocycles. The number of amides is 2. The summed E-state index contributed by atoms with van der Waals surface area (Å²) in [7, 11) is 1.43. The van der Waals surface area contributed by atoms with Gasteiger partial charge in [-0.1, -0.05) is 6.07 Å². The molecule has 1 rings (SSSR count). The third-order valence-corrected chi connectivity index (χ3v) is 2.79. The summed E-state index contributed by atoms with van der Waals surface area (Å²) in [5, 5.41) is 20.8. The normalized spacial score (nSPS) is 11.8. The summed E-state index contributed by atoms with van der Waals surface area (Å²) < 4.78 is 0. The lowest BCUT2D eigenvalue weighted by atomic mass is 10.1. The second-order valence-electron chi connectivity index (χ2n) is 4.56. The first-order valence-corrected chi connectivity index (χ1v) is 6.08. The van der Waals surface area contributed by atoms with Crippen molar-refractivity contribution in [3.63, 3.8) is 0 Å². The van der Waals surface area contributed by atoms with Crippen molar-refractivity contribution in [2.75, 3.05) is 12.4 Å². The van der Waals surface area contributed by atoms with E-state index < -0.39 is 12.1 Å². The summed E-state index contributed by atoms with van der Waals surface area (Å²) >= 11 is 0. The second kappa shape index (κ2) is 6.88. The maximum atomic E-state index is 11.5. The lowest BCUT2D eigenvalue weighted by Gasteiger charge is -2.17. The average Bonchev–Trinajstić information content (AvgIpc) is 2.38. The highest BCUT2D eigenvalue weighted by molar-refractivity contribution is 5.94. The van der Waals surface area contributed by atoms with E-state index in [2.05, 4.69) is 5.32 Å². The minimum Gasteiger partial charge on any atom is -0.465 e. The largest absolute Gasteiger partial charge is 0.465 e. The van der Waals surface area contributed by atoms with E-state index in [4.69, 9.17) is 10.8 Å². The Morgan fingerprint density at radius 3 is 2.55 bits per heavy atom. The molecular formula is C13H19N3O4. The number of nitrogens with one attached hydrogen (secondary N) is 1. The fraction of sp³-hybridized carbons (Fsp3) is 0.385. The van der Waals surface area contributed by atoms with Crippen molar-refractivity contribution in [3.05, 3.63) is 29.3 Å². The van der Waals surface area contributed by atoms with Gasteiger partial charge in [-0.2, -0.15) is 0 Å². The summed E-state index contributed by atoms with van der Waals surface area (Å²) in [6.07, 6.45) is -1.07. The maximum absolute atomic E-state index is 11.5. The minimum atomic E-state index is -1.07. The number of carbonyl (C=O) groups is 2. The van der Waals surface area contributed by atoms with Crippen LogP contribution < -0.4 is 11.1 Å². The van der Waals surface area contributed by atoms with Crippen LogP contribution in [0.15, 0.2) is 18.2 Å². The van der Waals surface area contributed by atoms with Gasteiger partial charge < -0.3 is 26.2 Å². The Kier molecular flexibility index (Phi) is 5.48. The molecular weight excluding hydrogens is 262 g/mol. The van der Waals surface area contributed by atoms with Crippen LogP contribution in [0.5, 0.6) is 0 Å². The van der Waals surface area contributed by atoms with Gasteiger partial charge in [0.25, 0.3) is 0 Å². The molecule has 110 valence electrons. The number of anilines is 1. The molecule has 0 saturated carbocycles. The summed E-state index contributed by atoms with van der Waals surface area (Å²) in [6, 6.07) is 4.26. The Balaban J connectivity index is 2.96. The van der Waals surface area contributed by atoms with Gasteiger partial charge in [-0.05, 0) is 30.2 Å². The van der Waals surface area contributed by atoms with Gasteiger partial charge in [0.15, 0.2) is 0 Å². The minimum absolute atomic E-state index is 0.118. The number of aliphatic hydroxyl groups excluding tert-OH is 1. The molecule has 0 heterocycles. The predicted octanol–water partition coefficient (Wildman–Crippen LogP) is 0.574. The number of nitrogens with two attached hydrogens (primary N) is 1. The van der Waals surface area contributed by atoms with Crippen molar-refractivity contribution < 1.29 is 19.8 Å². The fourth-order valence-electron chi connectivity index (χ4n) is 1.58. The standard InChI is InChI=1S/C13H19N3O4/c1-8(14)12(18)15-11-4-3-9(7-17)10(5-11)6-16(2)13(19)20/h3-5,8,17H,6-7,14H2,1-2H3,(H,15,18)(H,19,20)/t8-/m0/s1. The Morgan fingerprint density at radius 2 is 2.05 bits per heavy atom. The van der Waals surface area contributed by atoms with Crippen LogP contribution in [0, 0.1) is 0 Å². The van der Waals surface area contributed by atoms with Gasteiger partial charge in [0.05, 0.1) is 12.6 Å². The maximum Gasteiger partial charge on any atom is 0.407 e. The van der Waals surface area contributed by atoms with E-state index in [9.17, 15) is 14.7 Å². The molecule has 0 saturated heterocycles. The highest BCUT2D eigenvalue weighted by Crippen LogP contribution is 2.18. The first-order chi connectivity index (χ1) is 9.35. The van der Waals surface area contributed by atoms with Gasteiger partial charge in [0, 0.05) is 19.3 Å². The summed E-state index contributed by atoms with van der Waals surface area (Å²) in [5.74, 6) is -0.334. The van der Waals surface area contributed by atoms with Crippen LogP contribution in [-0.4, -0.2) is 40.2 Å². The van der Waals surface area contributed by atoms with E-state index in [1.807, 2.05) is 0 Å². The predicted molar refractivity (Wildman–Crippen MR) is 74.1 cm³/mol. The van der Waals surface area contributed by atoms with Crippen LogP contribution in [0.4, 0.5) is 10.5 Å². The molecule has 0 radical (unpaired) electrons. The molecule has 0 bridgehead atoms. The lowest BCUT2D eigenvalue weighted by molar-refractivity contribution is -0.117. The zero-order chi connectivity index (χ0) is 15.3. The van der Waals surface area contributed by atoms with Crippen molar-refractivity contribution >= 4 is 17.7 Å². The Bertz CT molecular complexity index is 502. The molecule has 20 heavy (non-hydrogen) atoms. The Hall–Kier alpha value is -2.12. The molecule has 1 atom stereocenters. The van der Waals surface area contributed by atoms with Crippen LogP contribution in [0.25, 0.3) is 0 Å². The number of nitrogens with zero attached hydrogens (tertiary/aromatic N) is 1. The quantitative estimate of drug-likeness (QED) is 0.630. The van der Waals surface area contributed by atoms with Crippen molar-refractivity contribution in [1.82, 2.24) is 4.90 Å². The SMILES string of the molecule is C[C@H](N)C(=O)Nc1ccc(CO)c(CN(C)C(=O)O)c1. The van der Waals surface area contributed by atoms with Gasteiger partial charge in [0.2, 0.25) is 5.91 Å². The van der Waals surface area contributed by atoms with Gasteiger partial charge in [-0.25, -0.2) is 4.79 Å². The topological polar surface area (TPSA) is 116 Å². The van der Waals surface area contributed by atoms with E-state index in [0.29, 0.717) is 16.8 Å². The van der Waals surface area contributed by atoms with Crippen molar-refractivity contribution in [3.8, 4) is 0 Å². The number of aliphatic hydroxyl groups is 1. The number of carbonyl (C=O) groups excluding carboxylic acids is 1. The van der Waals surface area contributed by atoms with E-state index in [1.165, 1.54) is 7.05 Å². The average molecular weight is 281 g/mol. The first kappa shape index (κ1) is 15.9. The molecule has 2 amide bonds. The van der Waals surface area contributed by atoms with Crippen LogP contribution in [0.3, 0.4) is 0 Å². The van der Waals surface area contributed by atoms with Crippen molar-refractivity contribution in [2.45, 2.75) is 26.1 Å². The number of rotatable bonds is 5. The Morgan fingerprint density at radius 1 is 1.40 bits per heavy atom. The molecule has 5 N–H and O–H groups in total. The summed E-state index contributed by atoms with van der Waals surface area (Å²) in [4.78, 5) is 23.4. The smallest absolute Gasteiger partial charge is 0.407 e. The first-order valence-electron chi connectivity index (χ1n) is 6.08. The molecule has 1 aromatic carbocycles. The van der Waals surface area contributed by atoms with E-state index in [0.717, 1.165) is 4.90 Å². The van der Waals surface area contributed by atoms with Gasteiger partial charge >= 0.3 is 6.09 Å². The van der Waals surface area contributed by atoms with Gasteiger partial charge in [0.1, 0.15) is 0 Å². The number of benzene rings is 1. The van der Waals surface area contributed by atoms with Gasteiger partial charge in [-0.3, -0.25) is 4.79 Å². The Labute approximate surface area is 117 Å². The molecule has 7 nitrogen and oxygen atoms in total. The summed E-state index contributed by atoms with van der Waals surface area (Å²) in [6.45, 7) is 1.48. The molecule has 0 aliphatic carbocycles. The number of carboxylic acid groups (broad SMARTS) is 1. The molecule has 0 aliphatic rings. The van der Waals surface area contributed by atoms with Gasteiger partial charge in [-0.15, -0.1) is 0 Å². The summed E-state index contributed by atoms with van der Waals surface area (Å²) in [5.41, 5.74) is 7.21. The van der Waals surface area contributed by atoms with Crippen molar-refractivity contribution in [2.24, 2.45) is 5.73 Å². The zero-order valence-corrected chi connectivity index (χ0v) is 11.5. The molecule has 0 unspecified atom stereocenters. The second-order valence-corrected chi connectivity index (χ2v) is 4.56. The third-order valence-electron chi connectivity index (χ3n) is 2.79. The van der Waals surface area contributed by atoms with E-state index >= 15 is 0 Å². The fourth-order valence-corrected chi connectivity index (χ4v) is 1.58. The van der Waals surface area contributed by atoms with Crippen LogP contribution in [0.1, 0.15) is 18.1 Å². The van der Waals surface area contributed by atoms with Crippen molar-refractivity contribution in [1.29, 1.82) is 0 Å². The third kappa shape index (κ3) is 4.22. The molecule has 0 fully saturated rings. The van der Waals surface area contributed by atoms with Crippen LogP contribution >= 0.6 is 0 Å². The zero-order valence-electron chi connectivity index (χ0n) is 11.5. The highest BCUT2D eigenvalue weighted by atomic mass is 16.4. The van der Waals surface area contributed by atoms with Crippen LogP contribution in [0.2, 0.25) is 0 Å². The number of hydrogen-bond acceptors (Lipinski definition) is 4. The molecule has 7 heteroatoms. The van der Waals surface area contributed by atoms with E-state index in [-0.39, 0.29) is 19.1 Å². The van der Waals surface area contributed by atoms with Crippen LogP contribution in [-0.2, 0) is 17.9 Å². The van der Waals surface area contributed by atoms with E-state index in [1.54, 1.807) is 25.1 Å². The number of hydrogen-bond donors (Lipinski definition) is 4. The molecule has 0 aromatic heterocycles. The molecule has 1 aromatic rings. The highest BCUT2D eigenvalue weighted by Gasteiger charge is 2.12. The lowest BCUT2D eigenvalue weighted by Crippen LogP contribution is -2.32. The monoisotopic (exact) mass is 281 g/mol.